The highest BCUT2D eigenvalue weighted by Crippen LogP contribution is 2.08. The first-order chi connectivity index (χ1) is 8.06. The van der Waals surface area contributed by atoms with Crippen molar-refractivity contribution in [3.8, 4) is 0 Å². The lowest BCUT2D eigenvalue weighted by Gasteiger charge is -2.21. The second-order valence-corrected chi connectivity index (χ2v) is 4.79. The van der Waals surface area contributed by atoms with Gasteiger partial charge in [0.2, 0.25) is 0 Å². The topological polar surface area (TPSA) is 47.1 Å². The number of hydrogen-bond donors (Lipinski definition) is 1. The first-order valence-electron chi connectivity index (χ1n) is 6.10. The third-order valence-electron chi connectivity index (χ3n) is 2.59. The van der Waals surface area contributed by atoms with Gasteiger partial charge in [-0.2, -0.15) is 5.10 Å². The van der Waals surface area contributed by atoms with E-state index in [9.17, 15) is 0 Å². The molecule has 4 nitrogen and oxygen atoms in total. The van der Waals surface area contributed by atoms with Crippen LogP contribution in [0.25, 0.3) is 0 Å². The molecule has 1 rings (SSSR count). The molecule has 0 spiro atoms. The van der Waals surface area contributed by atoms with Crippen molar-refractivity contribution in [1.29, 1.82) is 0 Å². The Hall–Kier alpha value is -0.940. The molecule has 0 aromatic carbocycles. The first-order valence-corrected chi connectivity index (χ1v) is 6.51. The summed E-state index contributed by atoms with van der Waals surface area (Å²) < 4.78 is 2.04. The van der Waals surface area contributed by atoms with Crippen LogP contribution < -0.4 is 5.73 Å². The number of hydrogen-bond acceptors (Lipinski definition) is 3. The average Bonchev–Trinajstić information content (AvgIpc) is 2.58. The number of rotatable bonds is 7. The summed E-state index contributed by atoms with van der Waals surface area (Å²) in [7, 11) is 0. The third kappa shape index (κ3) is 4.44. The zero-order valence-corrected chi connectivity index (χ0v) is 11.8. The van der Waals surface area contributed by atoms with Crippen LogP contribution in [0.2, 0.25) is 0 Å². The van der Waals surface area contributed by atoms with Crippen LogP contribution in [-0.2, 0) is 13.1 Å². The molecule has 0 atom stereocenters. The van der Waals surface area contributed by atoms with Gasteiger partial charge in [0.1, 0.15) is 0 Å². The molecule has 17 heavy (non-hydrogen) atoms. The molecule has 0 saturated carbocycles. The number of thiocarbonyl (C=S) groups is 1. The van der Waals surface area contributed by atoms with E-state index in [2.05, 4.69) is 29.9 Å². The van der Waals surface area contributed by atoms with Crippen molar-refractivity contribution < 1.29 is 0 Å². The maximum Gasteiger partial charge on any atom is 0.0870 e. The largest absolute Gasteiger partial charge is 0.392 e. The Kier molecular flexibility index (Phi) is 5.58. The molecule has 0 aliphatic heterocycles. The maximum atomic E-state index is 5.62. The summed E-state index contributed by atoms with van der Waals surface area (Å²) in [5, 5.41) is 4.45. The van der Waals surface area contributed by atoms with Crippen molar-refractivity contribution in [3.05, 3.63) is 17.5 Å². The molecule has 5 heteroatoms. The molecular formula is C12H22N4S. The van der Waals surface area contributed by atoms with Crippen molar-refractivity contribution in [3.63, 3.8) is 0 Å². The van der Waals surface area contributed by atoms with Crippen molar-refractivity contribution in [2.75, 3.05) is 13.1 Å². The summed E-state index contributed by atoms with van der Waals surface area (Å²) in [6, 6.07) is 2.13. The lowest BCUT2D eigenvalue weighted by Crippen LogP contribution is -2.33. The van der Waals surface area contributed by atoms with Gasteiger partial charge in [0.05, 0.1) is 16.4 Å². The number of aromatic nitrogens is 2. The van der Waals surface area contributed by atoms with Crippen LogP contribution in [0, 0.1) is 6.92 Å². The van der Waals surface area contributed by atoms with Gasteiger partial charge in [-0.05, 0) is 32.9 Å². The van der Waals surface area contributed by atoms with Crippen molar-refractivity contribution in [2.24, 2.45) is 5.73 Å². The molecule has 0 radical (unpaired) electrons. The van der Waals surface area contributed by atoms with Gasteiger partial charge < -0.3 is 5.73 Å². The fourth-order valence-electron chi connectivity index (χ4n) is 1.98. The molecule has 0 fully saturated rings. The molecule has 0 aliphatic rings. The standard InChI is InChI=1S/C12H22N4S/c1-4-6-15(9-12(13)17)8-11-7-10(3)14-16(11)5-2/h7H,4-6,8-9H2,1-3H3,(H2,13,17). The van der Waals surface area contributed by atoms with Crippen molar-refractivity contribution >= 4 is 17.2 Å². The predicted octanol–water partition coefficient (Wildman–Crippen LogP) is 1.71. The maximum absolute atomic E-state index is 5.62. The van der Waals surface area contributed by atoms with Crippen LogP contribution in [0.3, 0.4) is 0 Å². The summed E-state index contributed by atoms with van der Waals surface area (Å²) in [5.41, 5.74) is 7.92. The molecule has 96 valence electrons. The summed E-state index contributed by atoms with van der Waals surface area (Å²) in [6.45, 7) is 9.73. The van der Waals surface area contributed by atoms with Crippen molar-refractivity contribution in [1.82, 2.24) is 14.7 Å². The lowest BCUT2D eigenvalue weighted by molar-refractivity contribution is 0.294. The zero-order valence-electron chi connectivity index (χ0n) is 10.9. The van der Waals surface area contributed by atoms with Crippen LogP contribution in [0.4, 0.5) is 0 Å². The second-order valence-electron chi connectivity index (χ2n) is 4.27. The van der Waals surface area contributed by atoms with Crippen LogP contribution in [0.15, 0.2) is 6.07 Å². The Labute approximate surface area is 109 Å². The summed E-state index contributed by atoms with van der Waals surface area (Å²) in [4.78, 5) is 2.82. The summed E-state index contributed by atoms with van der Waals surface area (Å²) in [5.74, 6) is 0. The van der Waals surface area contributed by atoms with Gasteiger partial charge in [0.15, 0.2) is 0 Å². The average molecular weight is 254 g/mol. The molecule has 0 unspecified atom stereocenters. The van der Waals surface area contributed by atoms with Gasteiger partial charge in [-0.3, -0.25) is 9.58 Å². The van der Waals surface area contributed by atoms with Gasteiger partial charge in [0, 0.05) is 19.6 Å². The number of nitrogens with two attached hydrogens (primary N) is 1. The van der Waals surface area contributed by atoms with E-state index in [4.69, 9.17) is 18.0 Å². The van der Waals surface area contributed by atoms with Crippen LogP contribution in [0.5, 0.6) is 0 Å². The molecule has 2 N–H and O–H groups in total. The van der Waals surface area contributed by atoms with E-state index in [1.807, 2.05) is 11.6 Å². The van der Waals surface area contributed by atoms with E-state index in [-0.39, 0.29) is 0 Å². The fourth-order valence-corrected chi connectivity index (χ4v) is 2.16. The predicted molar refractivity (Wildman–Crippen MR) is 75.0 cm³/mol. The highest BCUT2D eigenvalue weighted by Gasteiger charge is 2.10. The number of aryl methyl sites for hydroxylation is 2. The molecular weight excluding hydrogens is 232 g/mol. The van der Waals surface area contributed by atoms with Crippen LogP contribution in [-0.4, -0.2) is 32.8 Å². The molecule has 1 heterocycles. The molecule has 0 saturated heterocycles. The summed E-state index contributed by atoms with van der Waals surface area (Å²) in [6.07, 6.45) is 1.10. The van der Waals surface area contributed by atoms with E-state index in [0.717, 1.165) is 31.7 Å². The fraction of sp³-hybridized carbons (Fsp3) is 0.667. The van der Waals surface area contributed by atoms with E-state index < -0.39 is 0 Å². The molecule has 0 bridgehead atoms. The van der Waals surface area contributed by atoms with Gasteiger partial charge >= 0.3 is 0 Å². The third-order valence-corrected chi connectivity index (χ3v) is 2.72. The van der Waals surface area contributed by atoms with E-state index in [1.54, 1.807) is 0 Å². The van der Waals surface area contributed by atoms with Crippen molar-refractivity contribution in [2.45, 2.75) is 40.3 Å². The molecule has 0 amide bonds. The van der Waals surface area contributed by atoms with E-state index >= 15 is 0 Å². The quantitative estimate of drug-likeness (QED) is 0.753. The lowest BCUT2D eigenvalue weighted by atomic mass is 10.3. The van der Waals surface area contributed by atoms with Gasteiger partial charge in [-0.25, -0.2) is 0 Å². The Bertz CT molecular complexity index is 373. The zero-order chi connectivity index (χ0) is 12.8. The monoisotopic (exact) mass is 254 g/mol. The summed E-state index contributed by atoms with van der Waals surface area (Å²) >= 11 is 4.98. The Balaban J connectivity index is 2.73. The number of nitrogens with zero attached hydrogens (tertiary/aromatic N) is 3. The normalized spacial score (nSPS) is 11.1. The SMILES string of the molecule is CCCN(CC(N)=S)Cc1cc(C)nn1CC. The molecule has 0 aliphatic carbocycles. The Morgan fingerprint density at radius 3 is 2.76 bits per heavy atom. The first kappa shape index (κ1) is 14.1. The highest BCUT2D eigenvalue weighted by atomic mass is 32.1. The highest BCUT2D eigenvalue weighted by molar-refractivity contribution is 7.80. The molecule has 1 aromatic rings. The van der Waals surface area contributed by atoms with Gasteiger partial charge in [-0.15, -0.1) is 0 Å². The van der Waals surface area contributed by atoms with E-state index in [0.29, 0.717) is 11.5 Å². The van der Waals surface area contributed by atoms with Gasteiger partial charge in [-0.1, -0.05) is 19.1 Å². The second kappa shape index (κ2) is 6.71. The minimum Gasteiger partial charge on any atom is -0.392 e. The smallest absolute Gasteiger partial charge is 0.0870 e. The van der Waals surface area contributed by atoms with E-state index in [1.165, 1.54) is 5.69 Å². The van der Waals surface area contributed by atoms with Gasteiger partial charge in [0.25, 0.3) is 0 Å². The minimum absolute atomic E-state index is 0.553. The van der Waals surface area contributed by atoms with Crippen LogP contribution in [0.1, 0.15) is 31.7 Å². The van der Waals surface area contributed by atoms with Crippen LogP contribution >= 0.6 is 12.2 Å². The molecule has 1 aromatic heterocycles. The Morgan fingerprint density at radius 2 is 2.24 bits per heavy atom. The minimum atomic E-state index is 0.553. The Morgan fingerprint density at radius 1 is 1.53 bits per heavy atom.